The van der Waals surface area contributed by atoms with Crippen LogP contribution < -0.4 is 0 Å². The van der Waals surface area contributed by atoms with Crippen LogP contribution in [0.2, 0.25) is 0 Å². The second-order valence-electron chi connectivity index (χ2n) is 5.03. The predicted molar refractivity (Wildman–Crippen MR) is 75.1 cm³/mol. The summed E-state index contributed by atoms with van der Waals surface area (Å²) in [5.41, 5.74) is -3.32. The van der Waals surface area contributed by atoms with Gasteiger partial charge in [0.1, 0.15) is 5.71 Å². The van der Waals surface area contributed by atoms with Crippen LogP contribution in [0.1, 0.15) is 18.5 Å². The monoisotopic (exact) mass is 400 g/mol. The molecule has 128 valence electrons. The van der Waals surface area contributed by atoms with E-state index in [-0.39, 0.29) is 18.0 Å². The average molecular weight is 401 g/mol. The lowest BCUT2D eigenvalue weighted by Crippen LogP contribution is -2.51. The Morgan fingerprint density at radius 1 is 1.48 bits per heavy atom. The van der Waals surface area contributed by atoms with Crippen LogP contribution in [-0.2, 0) is 11.3 Å². The van der Waals surface area contributed by atoms with Gasteiger partial charge in [-0.1, -0.05) is 0 Å². The van der Waals surface area contributed by atoms with Gasteiger partial charge in [0.25, 0.3) is 12.9 Å². The topological polar surface area (TPSA) is 70.7 Å². The predicted octanol–water partition coefficient (Wildman–Crippen LogP) is 2.15. The zero-order valence-corrected chi connectivity index (χ0v) is 13.5. The van der Waals surface area contributed by atoms with Crippen molar-refractivity contribution in [3.63, 3.8) is 0 Å². The molecular formula is C12H13BrF4N4O2. The summed E-state index contributed by atoms with van der Waals surface area (Å²) >= 11 is 3.23. The molecule has 0 fully saturated rings. The van der Waals surface area contributed by atoms with Crippen LogP contribution in [0.15, 0.2) is 15.8 Å². The zero-order chi connectivity index (χ0) is 17.4. The van der Waals surface area contributed by atoms with E-state index in [2.05, 4.69) is 26.1 Å². The molecule has 23 heavy (non-hydrogen) atoms. The third-order valence-corrected chi connectivity index (χ3v) is 4.09. The number of halogens is 5. The lowest BCUT2D eigenvalue weighted by atomic mass is 10.1. The van der Waals surface area contributed by atoms with Crippen molar-refractivity contribution in [1.29, 1.82) is 0 Å². The SMILES string of the molecule is Cc1nn(CCC(=O)N2N=C(C(F)F)C[C@@]2(O)C(F)F)cc1Br. The molecule has 0 bridgehead atoms. The maximum absolute atomic E-state index is 13.0. The van der Waals surface area contributed by atoms with Gasteiger partial charge >= 0.3 is 0 Å². The highest BCUT2D eigenvalue weighted by Crippen LogP contribution is 2.33. The first kappa shape index (κ1) is 17.9. The van der Waals surface area contributed by atoms with Gasteiger partial charge < -0.3 is 5.11 Å². The number of alkyl halides is 4. The van der Waals surface area contributed by atoms with E-state index in [1.54, 1.807) is 13.1 Å². The van der Waals surface area contributed by atoms with Crippen molar-refractivity contribution in [3.05, 3.63) is 16.4 Å². The molecule has 0 aliphatic carbocycles. The number of aryl methyl sites for hydroxylation is 2. The molecule has 1 aromatic heterocycles. The van der Waals surface area contributed by atoms with Gasteiger partial charge in [0, 0.05) is 25.6 Å². The van der Waals surface area contributed by atoms with E-state index in [1.807, 2.05) is 0 Å². The largest absolute Gasteiger partial charge is 0.364 e. The fourth-order valence-corrected chi connectivity index (χ4v) is 2.39. The average Bonchev–Trinajstić information content (AvgIpc) is 2.98. The Labute approximate surface area is 136 Å². The first-order valence-corrected chi connectivity index (χ1v) is 7.33. The number of aliphatic hydroxyl groups is 1. The molecule has 2 rings (SSSR count). The summed E-state index contributed by atoms with van der Waals surface area (Å²) < 4.78 is 53.4. The summed E-state index contributed by atoms with van der Waals surface area (Å²) in [5.74, 6) is -0.993. The van der Waals surface area contributed by atoms with Crippen molar-refractivity contribution in [2.75, 3.05) is 0 Å². The molecule has 0 saturated carbocycles. The van der Waals surface area contributed by atoms with Gasteiger partial charge in [-0.2, -0.15) is 15.2 Å². The van der Waals surface area contributed by atoms with Crippen LogP contribution >= 0.6 is 15.9 Å². The lowest BCUT2D eigenvalue weighted by molar-refractivity contribution is -0.192. The van der Waals surface area contributed by atoms with Crippen LogP contribution in [0.25, 0.3) is 0 Å². The summed E-state index contributed by atoms with van der Waals surface area (Å²) in [6.45, 7) is 1.75. The van der Waals surface area contributed by atoms with E-state index in [9.17, 15) is 27.5 Å². The molecule has 0 aromatic carbocycles. The molecule has 0 unspecified atom stereocenters. The molecule has 1 aromatic rings. The highest BCUT2D eigenvalue weighted by atomic mass is 79.9. The van der Waals surface area contributed by atoms with E-state index in [0.717, 1.165) is 0 Å². The van der Waals surface area contributed by atoms with Crippen molar-refractivity contribution >= 4 is 27.5 Å². The minimum atomic E-state index is -3.42. The molecule has 11 heteroatoms. The Hall–Kier alpha value is -1.49. The second-order valence-corrected chi connectivity index (χ2v) is 5.88. The maximum atomic E-state index is 13.0. The van der Waals surface area contributed by atoms with E-state index in [1.165, 1.54) is 4.68 Å². The zero-order valence-electron chi connectivity index (χ0n) is 11.9. The summed E-state index contributed by atoms with van der Waals surface area (Å²) in [6, 6.07) is 0. The molecular weight excluding hydrogens is 388 g/mol. The molecule has 0 saturated heterocycles. The fourth-order valence-electron chi connectivity index (χ4n) is 2.08. The molecule has 2 heterocycles. The van der Waals surface area contributed by atoms with Crippen LogP contribution in [0.4, 0.5) is 17.6 Å². The summed E-state index contributed by atoms with van der Waals surface area (Å²) in [6.07, 6.45) is -6.38. The second kappa shape index (κ2) is 6.56. The highest BCUT2D eigenvalue weighted by molar-refractivity contribution is 9.10. The Morgan fingerprint density at radius 3 is 2.61 bits per heavy atom. The van der Waals surface area contributed by atoms with Gasteiger partial charge in [-0.3, -0.25) is 9.48 Å². The van der Waals surface area contributed by atoms with Crippen molar-refractivity contribution < 1.29 is 27.5 Å². The van der Waals surface area contributed by atoms with Crippen LogP contribution in [-0.4, -0.2) is 50.1 Å². The quantitative estimate of drug-likeness (QED) is 0.769. The lowest BCUT2D eigenvalue weighted by Gasteiger charge is -2.30. The van der Waals surface area contributed by atoms with E-state index in [4.69, 9.17) is 0 Å². The van der Waals surface area contributed by atoms with Crippen LogP contribution in [0.5, 0.6) is 0 Å². The van der Waals surface area contributed by atoms with Gasteiger partial charge in [0.2, 0.25) is 11.6 Å². The van der Waals surface area contributed by atoms with Gasteiger partial charge in [-0.15, -0.1) is 0 Å². The Balaban J connectivity index is 2.11. The molecule has 6 nitrogen and oxygen atoms in total. The smallest absolute Gasteiger partial charge is 0.287 e. The molecule has 0 radical (unpaired) electrons. The fraction of sp³-hybridized carbons (Fsp3) is 0.583. The Morgan fingerprint density at radius 2 is 2.13 bits per heavy atom. The molecule has 1 atom stereocenters. The number of carbonyl (C=O) groups is 1. The Kier molecular flexibility index (Phi) is 5.09. The summed E-state index contributed by atoms with van der Waals surface area (Å²) in [4.78, 5) is 12.0. The van der Waals surface area contributed by atoms with Crippen molar-refractivity contribution in [1.82, 2.24) is 14.8 Å². The van der Waals surface area contributed by atoms with Gasteiger partial charge in [0.05, 0.1) is 10.2 Å². The first-order valence-electron chi connectivity index (χ1n) is 6.54. The van der Waals surface area contributed by atoms with Gasteiger partial charge in [-0.05, 0) is 22.9 Å². The molecule has 1 N–H and O–H groups in total. The van der Waals surface area contributed by atoms with Crippen LogP contribution in [0.3, 0.4) is 0 Å². The standard InChI is InChI=1S/C12H13BrF4N4O2/c1-6-7(13)5-20(18-6)3-2-9(22)21-12(23,11(16)17)4-8(19-21)10(14)15/h5,10-11,23H,2-4H2,1H3/t12-/m1/s1. The third-order valence-electron chi connectivity index (χ3n) is 3.32. The molecule has 1 amide bonds. The number of hydrazone groups is 1. The first-order chi connectivity index (χ1) is 10.6. The minimum absolute atomic E-state index is 0.0284. The number of amides is 1. The molecule has 1 aliphatic heterocycles. The number of aromatic nitrogens is 2. The van der Waals surface area contributed by atoms with E-state index >= 15 is 0 Å². The van der Waals surface area contributed by atoms with Gasteiger partial charge in [0.15, 0.2) is 0 Å². The van der Waals surface area contributed by atoms with Gasteiger partial charge in [-0.25, -0.2) is 17.6 Å². The molecule has 1 aliphatic rings. The minimum Gasteiger partial charge on any atom is -0.364 e. The number of rotatable bonds is 5. The van der Waals surface area contributed by atoms with Crippen molar-refractivity contribution in [2.24, 2.45) is 5.10 Å². The maximum Gasteiger partial charge on any atom is 0.287 e. The Bertz CT molecular complexity index is 617. The van der Waals surface area contributed by atoms with Crippen molar-refractivity contribution in [3.8, 4) is 0 Å². The van der Waals surface area contributed by atoms with Crippen molar-refractivity contribution in [2.45, 2.75) is 44.9 Å². The number of hydrogen-bond acceptors (Lipinski definition) is 4. The highest BCUT2D eigenvalue weighted by Gasteiger charge is 2.53. The summed E-state index contributed by atoms with van der Waals surface area (Å²) in [5, 5.41) is 17.1. The third kappa shape index (κ3) is 3.55. The number of hydrogen-bond donors (Lipinski definition) is 1. The summed E-state index contributed by atoms with van der Waals surface area (Å²) in [7, 11) is 0. The number of carbonyl (C=O) groups excluding carboxylic acids is 1. The van der Waals surface area contributed by atoms with E-state index < -0.39 is 36.6 Å². The number of nitrogens with zero attached hydrogens (tertiary/aromatic N) is 4. The van der Waals surface area contributed by atoms with Crippen LogP contribution in [0, 0.1) is 6.92 Å². The molecule has 0 spiro atoms. The van der Waals surface area contributed by atoms with E-state index in [0.29, 0.717) is 10.2 Å². The normalized spacial score (nSPS) is 21.4.